The molecule has 0 amide bonds. The van der Waals surface area contributed by atoms with Crippen LogP contribution in [-0.2, 0) is 0 Å². The van der Waals surface area contributed by atoms with Crippen LogP contribution in [0.25, 0.3) is 0 Å². The Hall–Kier alpha value is 0.277. The van der Waals surface area contributed by atoms with Crippen molar-refractivity contribution in [3.05, 3.63) is 24.3 Å². The molecule has 0 saturated heterocycles. The average molecular weight is 273 g/mol. The summed E-state index contributed by atoms with van der Waals surface area (Å²) < 4.78 is 0. The van der Waals surface area contributed by atoms with E-state index in [9.17, 15) is 0 Å². The Kier molecular flexibility index (Phi) is 2.77. The fourth-order valence-electron chi connectivity index (χ4n) is 3.88. The highest BCUT2D eigenvalue weighted by molar-refractivity contribution is 7.44. The molecule has 16 heavy (non-hydrogen) atoms. The summed E-state index contributed by atoms with van der Waals surface area (Å²) in [7, 11) is 0. The van der Waals surface area contributed by atoms with Crippen LogP contribution >= 0.6 is 22.2 Å². The van der Waals surface area contributed by atoms with Crippen LogP contribution < -0.4 is 0 Å². The van der Waals surface area contributed by atoms with E-state index in [1.54, 1.807) is 0 Å². The van der Waals surface area contributed by atoms with Crippen molar-refractivity contribution < 1.29 is 0 Å². The second-order valence-corrected chi connectivity index (χ2v) is 14.0. The first kappa shape index (κ1) is 11.4. The van der Waals surface area contributed by atoms with Crippen molar-refractivity contribution in [3.8, 4) is 0 Å². The molecule has 3 rings (SSSR count). The third-order valence-electron chi connectivity index (χ3n) is 4.57. The van der Waals surface area contributed by atoms with Gasteiger partial charge in [0.1, 0.15) is 0 Å². The quantitative estimate of drug-likeness (QED) is 0.402. The zero-order valence-electron chi connectivity index (χ0n) is 9.57. The maximum Gasteiger partial charge on any atom is 0.248 e. The van der Waals surface area contributed by atoms with E-state index in [2.05, 4.69) is 24.3 Å². The molecule has 0 spiro atoms. The molecule has 1 saturated carbocycles. The van der Waals surface area contributed by atoms with Crippen LogP contribution in [0.5, 0.6) is 0 Å². The number of hydrogen-bond donors (Lipinski definition) is 0. The van der Waals surface area contributed by atoms with E-state index >= 15 is 0 Å². The first-order valence-corrected chi connectivity index (χ1v) is 11.0. The lowest BCUT2D eigenvalue weighted by Gasteiger charge is -2.27. The van der Waals surface area contributed by atoms with E-state index < -0.39 is 6.69 Å². The maximum atomic E-state index is 6.20. The summed E-state index contributed by atoms with van der Waals surface area (Å²) in [6, 6.07) is 1.04. The van der Waals surface area contributed by atoms with Gasteiger partial charge >= 0.3 is 0 Å². The second-order valence-electron chi connectivity index (χ2n) is 5.76. The molecule has 2 bridgehead atoms. The monoisotopic (exact) mass is 272 g/mol. The third kappa shape index (κ3) is 1.91. The summed E-state index contributed by atoms with van der Waals surface area (Å²) in [5.74, 6) is 4.13. The fraction of sp³-hybridized carbons (Fsp3) is 0.692. The van der Waals surface area contributed by atoms with Crippen molar-refractivity contribution in [2.75, 3.05) is 0 Å². The summed E-state index contributed by atoms with van der Waals surface area (Å²) in [6.45, 7) is 0.138. The summed E-state index contributed by atoms with van der Waals surface area (Å²) in [5.41, 5.74) is 0. The Labute approximate surface area is 108 Å². The van der Waals surface area contributed by atoms with Crippen LogP contribution in [0, 0.1) is 29.6 Å². The van der Waals surface area contributed by atoms with Crippen LogP contribution in [-0.4, -0.2) is 6.69 Å². The van der Waals surface area contributed by atoms with Crippen molar-refractivity contribution in [2.24, 2.45) is 29.6 Å². The largest absolute Gasteiger partial charge is 0.248 e. The standard InChI is InChI=1S/C13H18Cl2Si/c1-16(14,15)7-6-9-4-5-12-10-2-3-11(8-10)13(9)12/h2-5,9-13H,6-8H2,1H3. The maximum absolute atomic E-state index is 6.20. The predicted molar refractivity (Wildman–Crippen MR) is 73.1 cm³/mol. The van der Waals surface area contributed by atoms with Gasteiger partial charge < -0.3 is 0 Å². The number of halogens is 2. The molecule has 0 aromatic carbocycles. The van der Waals surface area contributed by atoms with Crippen molar-refractivity contribution in [1.29, 1.82) is 0 Å². The van der Waals surface area contributed by atoms with Crippen molar-refractivity contribution >= 4 is 28.9 Å². The van der Waals surface area contributed by atoms with Crippen molar-refractivity contribution in [3.63, 3.8) is 0 Å². The highest BCUT2D eigenvalue weighted by atomic mass is 35.7. The molecule has 1 fully saturated rings. The molecule has 0 heterocycles. The lowest BCUT2D eigenvalue weighted by Crippen LogP contribution is -2.22. The Bertz CT molecular complexity index is 342. The molecular formula is C13H18Cl2Si. The van der Waals surface area contributed by atoms with Crippen LogP contribution in [0.3, 0.4) is 0 Å². The van der Waals surface area contributed by atoms with E-state index in [0.717, 1.165) is 35.6 Å². The summed E-state index contributed by atoms with van der Waals surface area (Å²) >= 11 is 12.4. The molecule has 0 aromatic rings. The summed E-state index contributed by atoms with van der Waals surface area (Å²) in [4.78, 5) is 0. The van der Waals surface area contributed by atoms with Crippen molar-refractivity contribution in [1.82, 2.24) is 0 Å². The second kappa shape index (κ2) is 3.89. The Morgan fingerprint density at radius 2 is 1.88 bits per heavy atom. The van der Waals surface area contributed by atoms with Gasteiger partial charge in [0.2, 0.25) is 6.69 Å². The van der Waals surface area contributed by atoms with Gasteiger partial charge in [0.05, 0.1) is 0 Å². The van der Waals surface area contributed by atoms with E-state index in [1.807, 2.05) is 6.55 Å². The van der Waals surface area contributed by atoms with Gasteiger partial charge in [-0.15, -0.1) is 22.2 Å². The fourth-order valence-corrected chi connectivity index (χ4v) is 5.38. The molecular weight excluding hydrogens is 255 g/mol. The number of hydrogen-bond acceptors (Lipinski definition) is 0. The van der Waals surface area contributed by atoms with Crippen LogP contribution in [0.15, 0.2) is 24.3 Å². The molecule has 0 nitrogen and oxygen atoms in total. The Balaban J connectivity index is 1.66. The molecule has 3 aliphatic carbocycles. The number of rotatable bonds is 3. The van der Waals surface area contributed by atoms with Gasteiger partial charge in [-0.2, -0.15) is 0 Å². The van der Waals surface area contributed by atoms with Crippen LogP contribution in [0.1, 0.15) is 12.8 Å². The van der Waals surface area contributed by atoms with Gasteiger partial charge in [0.25, 0.3) is 0 Å². The first-order valence-electron chi connectivity index (χ1n) is 6.29. The van der Waals surface area contributed by atoms with E-state index in [1.165, 1.54) is 12.8 Å². The van der Waals surface area contributed by atoms with E-state index in [-0.39, 0.29) is 0 Å². The lowest BCUT2D eigenvalue weighted by molar-refractivity contribution is 0.303. The number of fused-ring (bicyclic) bond motifs is 5. The predicted octanol–water partition coefficient (Wildman–Crippen LogP) is 4.55. The summed E-state index contributed by atoms with van der Waals surface area (Å²) in [5, 5.41) is 0. The first-order chi connectivity index (χ1) is 7.54. The van der Waals surface area contributed by atoms with Crippen LogP contribution in [0.4, 0.5) is 0 Å². The molecule has 0 N–H and O–H groups in total. The zero-order valence-corrected chi connectivity index (χ0v) is 12.1. The molecule has 88 valence electrons. The summed E-state index contributed by atoms with van der Waals surface area (Å²) in [6.07, 6.45) is 12.4. The molecule has 3 aliphatic rings. The number of allylic oxidation sites excluding steroid dienone is 4. The van der Waals surface area contributed by atoms with Gasteiger partial charge in [-0.05, 0) is 55.0 Å². The normalized spacial score (nSPS) is 44.3. The average Bonchev–Trinajstić information content (AvgIpc) is 2.86. The molecule has 0 aromatic heterocycles. The highest BCUT2D eigenvalue weighted by Gasteiger charge is 2.48. The smallest absolute Gasteiger partial charge is 0.146 e. The minimum absolute atomic E-state index is 0.745. The van der Waals surface area contributed by atoms with E-state index in [0.29, 0.717) is 0 Å². The van der Waals surface area contributed by atoms with Crippen molar-refractivity contribution in [2.45, 2.75) is 25.4 Å². The topological polar surface area (TPSA) is 0 Å². The minimum atomic E-state index is -1.90. The van der Waals surface area contributed by atoms with Crippen LogP contribution in [0.2, 0.25) is 12.6 Å². The Morgan fingerprint density at radius 1 is 1.12 bits per heavy atom. The van der Waals surface area contributed by atoms with E-state index in [4.69, 9.17) is 22.2 Å². The molecule has 0 radical (unpaired) electrons. The third-order valence-corrected chi connectivity index (χ3v) is 6.88. The van der Waals surface area contributed by atoms with Gasteiger partial charge in [0, 0.05) is 0 Å². The zero-order chi connectivity index (χ0) is 11.3. The molecule has 5 unspecified atom stereocenters. The highest BCUT2D eigenvalue weighted by Crippen LogP contribution is 2.55. The van der Waals surface area contributed by atoms with Gasteiger partial charge in [-0.25, -0.2) is 0 Å². The molecule has 3 heteroatoms. The minimum Gasteiger partial charge on any atom is -0.146 e. The van der Waals surface area contributed by atoms with Gasteiger partial charge in [-0.3, -0.25) is 0 Å². The van der Waals surface area contributed by atoms with Gasteiger partial charge in [-0.1, -0.05) is 24.3 Å². The van der Waals surface area contributed by atoms with Gasteiger partial charge in [0.15, 0.2) is 0 Å². The molecule has 0 aliphatic heterocycles. The molecule has 5 atom stereocenters. The lowest BCUT2D eigenvalue weighted by atomic mass is 9.79. The Morgan fingerprint density at radius 3 is 2.62 bits per heavy atom. The SMILES string of the molecule is C[Si](Cl)(Cl)CCC1C=CC2C3C=CC(C3)C12.